The van der Waals surface area contributed by atoms with Gasteiger partial charge in [-0.25, -0.2) is 0 Å². The van der Waals surface area contributed by atoms with Gasteiger partial charge in [0.1, 0.15) is 7.28 Å². The van der Waals surface area contributed by atoms with Crippen molar-refractivity contribution in [2.24, 2.45) is 0 Å². The van der Waals surface area contributed by atoms with Gasteiger partial charge in [-0.2, -0.15) is 0 Å². The molecule has 1 heteroatoms. The van der Waals surface area contributed by atoms with E-state index in [-0.39, 0.29) is 0 Å². The molecule has 0 spiro atoms. The molecule has 0 aliphatic heterocycles. The second-order valence-electron chi connectivity index (χ2n) is 4.84. The number of hydrogen-bond acceptors (Lipinski definition) is 0. The Morgan fingerprint density at radius 2 is 1.61 bits per heavy atom. The molecule has 0 N–H and O–H groups in total. The van der Waals surface area contributed by atoms with Crippen LogP contribution in [0.1, 0.15) is 29.2 Å². The highest BCUT2D eigenvalue weighted by Crippen LogP contribution is 2.12. The summed E-state index contributed by atoms with van der Waals surface area (Å²) in [5.74, 6) is 0. The second-order valence-corrected chi connectivity index (χ2v) is 4.84. The van der Waals surface area contributed by atoms with Crippen LogP contribution in [-0.2, 0) is 12.8 Å². The van der Waals surface area contributed by atoms with Crippen molar-refractivity contribution in [1.29, 1.82) is 0 Å². The molecule has 0 saturated carbocycles. The van der Waals surface area contributed by atoms with Crippen molar-refractivity contribution in [3.63, 3.8) is 0 Å². The molecule has 2 aromatic carbocycles. The minimum absolute atomic E-state index is 1.03. The van der Waals surface area contributed by atoms with Gasteiger partial charge in [0.05, 0.1) is 0 Å². The molecule has 0 unspecified atom stereocenters. The van der Waals surface area contributed by atoms with Gasteiger partial charge in [0, 0.05) is 0 Å². The van der Waals surface area contributed by atoms with Crippen molar-refractivity contribution in [1.82, 2.24) is 0 Å². The maximum absolute atomic E-state index is 2.34. The minimum Gasteiger partial charge on any atom is -0.0872 e. The maximum Gasteiger partial charge on any atom is 0.148 e. The predicted molar refractivity (Wildman–Crippen MR) is 81.1 cm³/mol. The Labute approximate surface area is 111 Å². The summed E-state index contributed by atoms with van der Waals surface area (Å²) in [6.07, 6.45) is 2.12. The minimum atomic E-state index is 1.03. The van der Waals surface area contributed by atoms with Crippen molar-refractivity contribution < 1.29 is 0 Å². The van der Waals surface area contributed by atoms with E-state index in [1.165, 1.54) is 27.7 Å². The lowest BCUT2D eigenvalue weighted by Crippen LogP contribution is -2.16. The molecule has 0 aromatic heterocycles. The van der Waals surface area contributed by atoms with Crippen molar-refractivity contribution in [3.05, 3.63) is 64.7 Å². The van der Waals surface area contributed by atoms with E-state index in [4.69, 9.17) is 0 Å². The maximum atomic E-state index is 2.34. The van der Waals surface area contributed by atoms with Gasteiger partial charge in [0.25, 0.3) is 0 Å². The molecule has 0 aliphatic carbocycles. The molecule has 0 fully saturated rings. The largest absolute Gasteiger partial charge is 0.148 e. The fourth-order valence-corrected chi connectivity index (χ4v) is 2.30. The van der Waals surface area contributed by atoms with Gasteiger partial charge in [-0.3, -0.25) is 0 Å². The Hall–Kier alpha value is -1.50. The van der Waals surface area contributed by atoms with Crippen LogP contribution in [0.5, 0.6) is 0 Å². The van der Waals surface area contributed by atoms with Crippen LogP contribution >= 0.6 is 0 Å². The molecule has 0 atom stereocenters. The first-order valence-corrected chi connectivity index (χ1v) is 6.69. The quantitative estimate of drug-likeness (QED) is 0.711. The van der Waals surface area contributed by atoms with Crippen LogP contribution in [0.2, 0.25) is 6.82 Å². The summed E-state index contributed by atoms with van der Waals surface area (Å²) in [4.78, 5) is 0. The SMILES string of the molecule is C[B]c1ccc(Cc2ccc(C)cc2)cc1CC. The molecule has 0 amide bonds. The molecular weight excluding hydrogens is 215 g/mol. The van der Waals surface area contributed by atoms with Gasteiger partial charge < -0.3 is 0 Å². The summed E-state index contributed by atoms with van der Waals surface area (Å²) in [7, 11) is 2.19. The van der Waals surface area contributed by atoms with E-state index in [1.807, 2.05) is 0 Å². The number of benzene rings is 2. The smallest absolute Gasteiger partial charge is 0.0872 e. The first kappa shape index (κ1) is 12.9. The lowest BCUT2D eigenvalue weighted by Gasteiger charge is -2.09. The fraction of sp³-hybridized carbons (Fsp3) is 0.294. The Morgan fingerprint density at radius 1 is 0.944 bits per heavy atom. The van der Waals surface area contributed by atoms with Crippen LogP contribution in [0.3, 0.4) is 0 Å². The zero-order valence-corrected chi connectivity index (χ0v) is 11.5. The Kier molecular flexibility index (Phi) is 4.25. The number of hydrogen-bond donors (Lipinski definition) is 0. The fourth-order valence-electron chi connectivity index (χ4n) is 2.30. The molecule has 0 heterocycles. The first-order chi connectivity index (χ1) is 8.72. The van der Waals surface area contributed by atoms with Gasteiger partial charge in [-0.1, -0.05) is 72.8 Å². The monoisotopic (exact) mass is 235 g/mol. The van der Waals surface area contributed by atoms with Crippen LogP contribution in [0.15, 0.2) is 42.5 Å². The zero-order valence-electron chi connectivity index (χ0n) is 11.5. The van der Waals surface area contributed by atoms with Crippen molar-refractivity contribution in [2.75, 3.05) is 0 Å². The predicted octanol–water partition coefficient (Wildman–Crippen LogP) is 3.53. The third-order valence-corrected chi connectivity index (χ3v) is 3.43. The van der Waals surface area contributed by atoms with Crippen LogP contribution in [0.4, 0.5) is 0 Å². The Balaban J connectivity index is 2.21. The molecule has 0 bridgehead atoms. The molecular formula is C17H20B. The molecule has 0 aliphatic rings. The Bertz CT molecular complexity index is 512. The van der Waals surface area contributed by atoms with Gasteiger partial charge in [0.15, 0.2) is 0 Å². The van der Waals surface area contributed by atoms with E-state index in [0.29, 0.717) is 0 Å². The highest BCUT2D eigenvalue weighted by atomic mass is 14.0. The topological polar surface area (TPSA) is 0 Å². The number of rotatable bonds is 4. The van der Waals surface area contributed by atoms with Crippen molar-refractivity contribution in [3.8, 4) is 0 Å². The third kappa shape index (κ3) is 3.04. The summed E-state index contributed by atoms with van der Waals surface area (Å²) < 4.78 is 0. The van der Waals surface area contributed by atoms with E-state index in [1.54, 1.807) is 0 Å². The lowest BCUT2D eigenvalue weighted by atomic mass is 9.70. The van der Waals surface area contributed by atoms with Gasteiger partial charge in [-0.05, 0) is 30.9 Å². The van der Waals surface area contributed by atoms with E-state index in [9.17, 15) is 0 Å². The Morgan fingerprint density at radius 3 is 2.22 bits per heavy atom. The zero-order chi connectivity index (χ0) is 13.0. The van der Waals surface area contributed by atoms with Crippen LogP contribution in [0.25, 0.3) is 0 Å². The highest BCUT2D eigenvalue weighted by Gasteiger charge is 2.02. The second kappa shape index (κ2) is 5.90. The molecule has 2 aromatic rings. The summed E-state index contributed by atoms with van der Waals surface area (Å²) in [5, 5.41) is 0. The summed E-state index contributed by atoms with van der Waals surface area (Å²) >= 11 is 0. The van der Waals surface area contributed by atoms with Crippen LogP contribution in [0, 0.1) is 6.92 Å². The molecule has 91 valence electrons. The van der Waals surface area contributed by atoms with Crippen molar-refractivity contribution in [2.45, 2.75) is 33.5 Å². The van der Waals surface area contributed by atoms with E-state index >= 15 is 0 Å². The lowest BCUT2D eigenvalue weighted by molar-refractivity contribution is 1.12. The molecule has 2 rings (SSSR count). The van der Waals surface area contributed by atoms with Gasteiger partial charge in [0.2, 0.25) is 0 Å². The average Bonchev–Trinajstić information content (AvgIpc) is 2.41. The first-order valence-electron chi connectivity index (χ1n) is 6.69. The standard InChI is InChI=1S/C17H20B/c1-4-16-12-15(9-10-17(16)18-3)11-14-7-5-13(2)6-8-14/h5-10,12H,4,11H2,1-3H3. The average molecular weight is 235 g/mol. The molecule has 0 nitrogen and oxygen atoms in total. The summed E-state index contributed by atoms with van der Waals surface area (Å²) in [5.41, 5.74) is 6.92. The summed E-state index contributed by atoms with van der Waals surface area (Å²) in [6.45, 7) is 6.46. The summed E-state index contributed by atoms with van der Waals surface area (Å²) in [6, 6.07) is 15.6. The van der Waals surface area contributed by atoms with Gasteiger partial charge >= 0.3 is 0 Å². The van der Waals surface area contributed by atoms with Gasteiger partial charge in [-0.15, -0.1) is 0 Å². The molecule has 0 saturated heterocycles. The third-order valence-electron chi connectivity index (χ3n) is 3.43. The van der Waals surface area contributed by atoms with E-state index in [2.05, 4.69) is 70.4 Å². The van der Waals surface area contributed by atoms with Crippen LogP contribution < -0.4 is 5.46 Å². The van der Waals surface area contributed by atoms with E-state index in [0.717, 1.165) is 12.8 Å². The molecule has 18 heavy (non-hydrogen) atoms. The number of aryl methyl sites for hydroxylation is 2. The molecule has 1 radical (unpaired) electrons. The normalized spacial score (nSPS) is 10.4. The highest BCUT2D eigenvalue weighted by molar-refractivity contribution is 6.52. The van der Waals surface area contributed by atoms with E-state index < -0.39 is 0 Å². The van der Waals surface area contributed by atoms with Crippen molar-refractivity contribution >= 4 is 12.7 Å². The van der Waals surface area contributed by atoms with Crippen LogP contribution in [-0.4, -0.2) is 7.28 Å².